The molecule has 0 fully saturated rings. The van der Waals surface area contributed by atoms with E-state index >= 15 is 0 Å². The Morgan fingerprint density at radius 3 is 2.47 bits per heavy atom. The predicted octanol–water partition coefficient (Wildman–Crippen LogP) is 4.58. The fourth-order valence-electron chi connectivity index (χ4n) is 2.06. The molecule has 19 heavy (non-hydrogen) atoms. The molecule has 96 valence electrons. The Labute approximate surface area is 116 Å². The Morgan fingerprint density at radius 1 is 1.16 bits per heavy atom. The third-order valence-corrected chi connectivity index (χ3v) is 3.42. The van der Waals surface area contributed by atoms with E-state index in [4.69, 9.17) is 0 Å². The first-order chi connectivity index (χ1) is 9.06. The van der Waals surface area contributed by atoms with Gasteiger partial charge in [-0.1, -0.05) is 28.1 Å². The third-order valence-electron chi connectivity index (χ3n) is 2.96. The van der Waals surface area contributed by atoms with E-state index in [0.29, 0.717) is 4.47 Å². The molecule has 3 aromatic rings. The van der Waals surface area contributed by atoms with Crippen molar-refractivity contribution in [2.75, 3.05) is 0 Å². The molecule has 0 saturated carbocycles. The lowest BCUT2D eigenvalue weighted by Crippen LogP contribution is -1.92. The fourth-order valence-corrected chi connectivity index (χ4v) is 2.46. The highest BCUT2D eigenvalue weighted by molar-refractivity contribution is 9.10. The second-order valence-electron chi connectivity index (χ2n) is 4.30. The average molecular weight is 323 g/mol. The summed E-state index contributed by atoms with van der Waals surface area (Å²) in [6, 6.07) is 8.04. The van der Waals surface area contributed by atoms with Crippen LogP contribution < -0.4 is 0 Å². The quantitative estimate of drug-likeness (QED) is 0.698. The number of hydrogen-bond acceptors (Lipinski definition) is 1. The monoisotopic (exact) mass is 322 g/mol. The first-order valence-electron chi connectivity index (χ1n) is 5.66. The Balaban J connectivity index is 2.28. The largest absolute Gasteiger partial charge is 0.338 e. The zero-order chi connectivity index (χ0) is 13.6. The lowest BCUT2D eigenvalue weighted by molar-refractivity contribution is 0.586. The van der Waals surface area contributed by atoms with Crippen LogP contribution in [0.2, 0.25) is 0 Å². The summed E-state index contributed by atoms with van der Waals surface area (Å²) in [7, 11) is 0. The van der Waals surface area contributed by atoms with E-state index in [1.807, 2.05) is 25.1 Å². The molecule has 0 radical (unpaired) electrons. The van der Waals surface area contributed by atoms with Gasteiger partial charge in [0.15, 0.2) is 0 Å². The molecule has 3 rings (SSSR count). The number of aromatic amines is 1. The van der Waals surface area contributed by atoms with Gasteiger partial charge in [0.05, 0.1) is 16.6 Å². The van der Waals surface area contributed by atoms with Crippen LogP contribution in [-0.4, -0.2) is 9.97 Å². The molecule has 0 aliphatic carbocycles. The van der Waals surface area contributed by atoms with Crippen molar-refractivity contribution in [2.24, 2.45) is 0 Å². The minimum atomic E-state index is -0.649. The molecule has 0 saturated heterocycles. The molecule has 0 amide bonds. The maximum Gasteiger partial charge on any atom is 0.144 e. The molecule has 0 aliphatic heterocycles. The van der Waals surface area contributed by atoms with E-state index in [1.165, 1.54) is 12.1 Å². The summed E-state index contributed by atoms with van der Waals surface area (Å²) in [5.41, 5.74) is 2.30. The first-order valence-corrected chi connectivity index (χ1v) is 6.46. The van der Waals surface area contributed by atoms with Crippen molar-refractivity contribution in [3.05, 3.63) is 52.0 Å². The number of nitrogens with zero attached hydrogens (tertiary/aromatic N) is 1. The average Bonchev–Trinajstić information content (AvgIpc) is 2.72. The Bertz CT molecular complexity index is 757. The van der Waals surface area contributed by atoms with Crippen molar-refractivity contribution in [3.63, 3.8) is 0 Å². The van der Waals surface area contributed by atoms with Crippen LogP contribution in [0.3, 0.4) is 0 Å². The van der Waals surface area contributed by atoms with E-state index in [-0.39, 0.29) is 11.4 Å². The van der Waals surface area contributed by atoms with Crippen molar-refractivity contribution in [1.82, 2.24) is 9.97 Å². The van der Waals surface area contributed by atoms with Crippen molar-refractivity contribution >= 4 is 27.0 Å². The number of benzene rings is 2. The second kappa shape index (κ2) is 4.42. The van der Waals surface area contributed by atoms with Crippen LogP contribution in [0.5, 0.6) is 0 Å². The Hall–Kier alpha value is -1.75. The van der Waals surface area contributed by atoms with Gasteiger partial charge in [-0.25, -0.2) is 13.8 Å². The van der Waals surface area contributed by atoms with E-state index in [0.717, 1.165) is 16.6 Å². The van der Waals surface area contributed by atoms with Gasteiger partial charge in [-0.05, 0) is 30.7 Å². The molecule has 0 spiro atoms. The number of imidazole rings is 1. The molecule has 1 heterocycles. The Morgan fingerprint density at radius 2 is 1.84 bits per heavy atom. The van der Waals surface area contributed by atoms with Crippen molar-refractivity contribution in [1.29, 1.82) is 0 Å². The predicted molar refractivity (Wildman–Crippen MR) is 73.9 cm³/mol. The molecule has 0 aliphatic rings. The van der Waals surface area contributed by atoms with Crippen LogP contribution in [0.1, 0.15) is 5.56 Å². The molecular weight excluding hydrogens is 314 g/mol. The molecule has 0 atom stereocenters. The van der Waals surface area contributed by atoms with Crippen LogP contribution in [0.4, 0.5) is 8.78 Å². The number of halogens is 3. The fraction of sp³-hybridized carbons (Fsp3) is 0.0714. The molecule has 1 N–H and O–H groups in total. The molecule has 2 nitrogen and oxygen atoms in total. The molecule has 0 unspecified atom stereocenters. The van der Waals surface area contributed by atoms with Gasteiger partial charge in [0.25, 0.3) is 0 Å². The van der Waals surface area contributed by atoms with E-state index in [2.05, 4.69) is 25.9 Å². The highest BCUT2D eigenvalue weighted by Crippen LogP contribution is 2.29. The lowest BCUT2D eigenvalue weighted by Gasteiger charge is -2.02. The van der Waals surface area contributed by atoms with Crippen LogP contribution >= 0.6 is 15.9 Å². The van der Waals surface area contributed by atoms with Crippen LogP contribution in [-0.2, 0) is 0 Å². The standard InChI is InChI=1S/C14H9BrF2N2/c1-7-3-2-4-11-13(7)19-14(18-11)12-9(16)5-8(15)6-10(12)17/h2-6H,1H3,(H,18,19). The molecule has 5 heteroatoms. The van der Waals surface area contributed by atoms with Crippen molar-refractivity contribution in [2.45, 2.75) is 6.92 Å². The van der Waals surface area contributed by atoms with E-state index < -0.39 is 11.6 Å². The summed E-state index contributed by atoms with van der Waals surface area (Å²) in [6.45, 7) is 1.90. The molecule has 1 aromatic heterocycles. The molecular formula is C14H9BrF2N2. The molecule has 0 bridgehead atoms. The summed E-state index contributed by atoms with van der Waals surface area (Å²) < 4.78 is 28.2. The minimum absolute atomic E-state index is 0.140. The third kappa shape index (κ3) is 2.04. The normalized spacial score (nSPS) is 11.2. The Kier molecular flexibility index (Phi) is 2.86. The van der Waals surface area contributed by atoms with Gasteiger partial charge in [0.2, 0.25) is 0 Å². The number of fused-ring (bicyclic) bond motifs is 1. The number of aromatic nitrogens is 2. The maximum absolute atomic E-state index is 13.9. The zero-order valence-corrected chi connectivity index (χ0v) is 11.6. The van der Waals surface area contributed by atoms with Crippen molar-refractivity contribution < 1.29 is 8.78 Å². The lowest BCUT2D eigenvalue weighted by atomic mass is 10.2. The van der Waals surface area contributed by atoms with Gasteiger partial charge in [-0.15, -0.1) is 0 Å². The van der Waals surface area contributed by atoms with Gasteiger partial charge in [0, 0.05) is 4.47 Å². The number of aryl methyl sites for hydroxylation is 1. The van der Waals surface area contributed by atoms with Gasteiger partial charge in [0.1, 0.15) is 17.5 Å². The van der Waals surface area contributed by atoms with Crippen LogP contribution in [0.15, 0.2) is 34.8 Å². The first kappa shape index (κ1) is 12.3. The summed E-state index contributed by atoms with van der Waals surface area (Å²) in [4.78, 5) is 7.23. The SMILES string of the molecule is Cc1cccc2[nH]c(-c3c(F)cc(Br)cc3F)nc12. The van der Waals surface area contributed by atoms with Crippen LogP contribution in [0, 0.1) is 18.6 Å². The number of hydrogen-bond donors (Lipinski definition) is 1. The van der Waals surface area contributed by atoms with Gasteiger partial charge in [-0.3, -0.25) is 0 Å². The van der Waals surface area contributed by atoms with E-state index in [1.54, 1.807) is 0 Å². The number of nitrogens with one attached hydrogen (secondary N) is 1. The second-order valence-corrected chi connectivity index (χ2v) is 5.22. The zero-order valence-electron chi connectivity index (χ0n) is 9.97. The highest BCUT2D eigenvalue weighted by Gasteiger charge is 2.16. The van der Waals surface area contributed by atoms with Crippen molar-refractivity contribution in [3.8, 4) is 11.4 Å². The summed E-state index contributed by atoms with van der Waals surface area (Å²) >= 11 is 3.06. The molecule has 2 aromatic carbocycles. The minimum Gasteiger partial charge on any atom is -0.338 e. The summed E-state index contributed by atoms with van der Waals surface area (Å²) in [5.74, 6) is -1.10. The van der Waals surface area contributed by atoms with Gasteiger partial charge >= 0.3 is 0 Å². The smallest absolute Gasteiger partial charge is 0.144 e. The number of rotatable bonds is 1. The number of H-pyrrole nitrogens is 1. The summed E-state index contributed by atoms with van der Waals surface area (Å²) in [6.07, 6.45) is 0. The topological polar surface area (TPSA) is 28.7 Å². The van der Waals surface area contributed by atoms with Crippen LogP contribution in [0.25, 0.3) is 22.4 Å². The maximum atomic E-state index is 13.9. The summed E-state index contributed by atoms with van der Waals surface area (Å²) in [5, 5.41) is 0. The van der Waals surface area contributed by atoms with Gasteiger partial charge in [-0.2, -0.15) is 0 Å². The van der Waals surface area contributed by atoms with Gasteiger partial charge < -0.3 is 4.98 Å². The number of para-hydroxylation sites is 1. The highest BCUT2D eigenvalue weighted by atomic mass is 79.9. The van der Waals surface area contributed by atoms with E-state index in [9.17, 15) is 8.78 Å².